The van der Waals surface area contributed by atoms with E-state index in [4.69, 9.17) is 10.00 Å². The summed E-state index contributed by atoms with van der Waals surface area (Å²) in [5.41, 5.74) is 0.105. The van der Waals surface area contributed by atoms with Gasteiger partial charge in [0.2, 0.25) is 0 Å². The highest BCUT2D eigenvalue weighted by Crippen LogP contribution is 2.30. The van der Waals surface area contributed by atoms with Crippen LogP contribution in [0.15, 0.2) is 12.3 Å². The van der Waals surface area contributed by atoms with Gasteiger partial charge in [-0.3, -0.25) is 10.1 Å². The first kappa shape index (κ1) is 14.2. The molecule has 0 unspecified atom stereocenters. The summed E-state index contributed by atoms with van der Waals surface area (Å²) in [6, 6.07) is 3.17. The number of nitrogens with zero attached hydrogens (tertiary/aromatic N) is 3. The second kappa shape index (κ2) is 5.84. The molecule has 0 spiro atoms. The van der Waals surface area contributed by atoms with Gasteiger partial charge in [0.25, 0.3) is 5.69 Å². The zero-order chi connectivity index (χ0) is 14.6. The van der Waals surface area contributed by atoms with Crippen molar-refractivity contribution in [2.75, 3.05) is 25.1 Å². The molecule has 7 nitrogen and oxygen atoms in total. The maximum absolute atomic E-state index is 10.7. The van der Waals surface area contributed by atoms with E-state index >= 15 is 0 Å². The van der Waals surface area contributed by atoms with E-state index < -0.39 is 4.92 Å². The van der Waals surface area contributed by atoms with Gasteiger partial charge in [0, 0.05) is 25.8 Å². The van der Waals surface area contributed by atoms with Crippen LogP contribution in [0.2, 0.25) is 0 Å². The lowest BCUT2D eigenvalue weighted by Gasteiger charge is -2.33. The molecular formula is C13H16N4O3. The molecule has 2 heterocycles. The van der Waals surface area contributed by atoms with E-state index in [0.717, 1.165) is 32.3 Å². The van der Waals surface area contributed by atoms with Crippen LogP contribution < -0.4 is 5.32 Å². The number of hydrogen-bond donors (Lipinski definition) is 1. The van der Waals surface area contributed by atoms with Crippen molar-refractivity contribution in [2.24, 2.45) is 5.41 Å². The highest BCUT2D eigenvalue weighted by molar-refractivity contribution is 5.55. The minimum Gasteiger partial charge on any atom is -0.381 e. The molecule has 20 heavy (non-hydrogen) atoms. The number of aromatic nitrogens is 1. The molecule has 1 aromatic rings. The van der Waals surface area contributed by atoms with Crippen LogP contribution in [0.1, 0.15) is 25.3 Å². The fourth-order valence-electron chi connectivity index (χ4n) is 2.12. The monoisotopic (exact) mass is 276 g/mol. The van der Waals surface area contributed by atoms with Crippen LogP contribution in [0.4, 0.5) is 11.5 Å². The van der Waals surface area contributed by atoms with Gasteiger partial charge in [-0.25, -0.2) is 4.98 Å². The van der Waals surface area contributed by atoms with Gasteiger partial charge in [0.1, 0.15) is 23.6 Å². The van der Waals surface area contributed by atoms with Crippen molar-refractivity contribution in [3.05, 3.63) is 27.9 Å². The Hall–Kier alpha value is -2.20. The van der Waals surface area contributed by atoms with Gasteiger partial charge in [0.15, 0.2) is 0 Å². The number of rotatable bonds is 4. The summed E-state index contributed by atoms with van der Waals surface area (Å²) in [6.07, 6.45) is 3.04. The Bertz CT molecular complexity index is 547. The number of nitro groups is 1. The number of anilines is 1. The number of nitriles is 1. The Kier molecular flexibility index (Phi) is 4.15. The lowest BCUT2D eigenvalue weighted by Crippen LogP contribution is -2.33. The van der Waals surface area contributed by atoms with Crippen LogP contribution in [0.25, 0.3) is 0 Å². The van der Waals surface area contributed by atoms with Crippen molar-refractivity contribution in [1.29, 1.82) is 5.26 Å². The minimum atomic E-state index is -0.558. The summed E-state index contributed by atoms with van der Waals surface area (Å²) in [5.74, 6) is 0.394. The van der Waals surface area contributed by atoms with E-state index in [-0.39, 0.29) is 16.7 Å². The second-order valence-electron chi connectivity index (χ2n) is 5.24. The molecule has 7 heteroatoms. The Morgan fingerprint density at radius 3 is 2.90 bits per heavy atom. The van der Waals surface area contributed by atoms with Crippen LogP contribution >= 0.6 is 0 Å². The average Bonchev–Trinajstić information content (AvgIpc) is 2.45. The SMILES string of the molecule is CC1(CNc2ncc([N+](=O)[O-])cc2C#N)CCOCC1. The highest BCUT2D eigenvalue weighted by atomic mass is 16.6. The highest BCUT2D eigenvalue weighted by Gasteiger charge is 2.27. The third-order valence-corrected chi connectivity index (χ3v) is 3.59. The zero-order valence-electron chi connectivity index (χ0n) is 11.3. The summed E-state index contributed by atoms with van der Waals surface area (Å²) in [4.78, 5) is 14.1. The fraction of sp³-hybridized carbons (Fsp3) is 0.538. The van der Waals surface area contributed by atoms with Crippen molar-refractivity contribution < 1.29 is 9.66 Å². The Morgan fingerprint density at radius 2 is 2.30 bits per heavy atom. The summed E-state index contributed by atoms with van der Waals surface area (Å²) in [5, 5.41) is 22.8. The summed E-state index contributed by atoms with van der Waals surface area (Å²) >= 11 is 0. The maximum Gasteiger partial charge on any atom is 0.289 e. The molecule has 106 valence electrons. The van der Waals surface area contributed by atoms with Crippen LogP contribution in [-0.4, -0.2) is 29.7 Å². The molecule has 0 bridgehead atoms. The first-order valence-corrected chi connectivity index (χ1v) is 6.40. The van der Waals surface area contributed by atoms with E-state index in [1.807, 2.05) is 6.07 Å². The van der Waals surface area contributed by atoms with Crippen molar-refractivity contribution in [2.45, 2.75) is 19.8 Å². The van der Waals surface area contributed by atoms with E-state index in [0.29, 0.717) is 12.4 Å². The topological polar surface area (TPSA) is 101 Å². The molecule has 0 amide bonds. The third kappa shape index (κ3) is 3.22. The minimum absolute atomic E-state index is 0.0917. The third-order valence-electron chi connectivity index (χ3n) is 3.59. The van der Waals surface area contributed by atoms with E-state index in [9.17, 15) is 10.1 Å². The first-order chi connectivity index (χ1) is 9.54. The summed E-state index contributed by atoms with van der Waals surface area (Å²) in [7, 11) is 0. The molecular weight excluding hydrogens is 260 g/mol. The molecule has 1 aromatic heterocycles. The molecule has 1 aliphatic rings. The molecule has 2 rings (SSSR count). The van der Waals surface area contributed by atoms with Gasteiger partial charge in [0.05, 0.1) is 4.92 Å². The molecule has 1 aliphatic heterocycles. The maximum atomic E-state index is 10.7. The number of hydrogen-bond acceptors (Lipinski definition) is 6. The van der Waals surface area contributed by atoms with E-state index in [2.05, 4.69) is 17.2 Å². The first-order valence-electron chi connectivity index (χ1n) is 6.40. The van der Waals surface area contributed by atoms with E-state index in [1.165, 1.54) is 6.07 Å². The molecule has 0 saturated carbocycles. The van der Waals surface area contributed by atoms with Gasteiger partial charge in [-0.15, -0.1) is 0 Å². The predicted molar refractivity (Wildman–Crippen MR) is 72.3 cm³/mol. The average molecular weight is 276 g/mol. The standard InChI is InChI=1S/C13H16N4O3/c1-13(2-4-20-5-3-13)9-16-12-10(7-14)6-11(8-15-12)17(18)19/h6,8H,2-5,9H2,1H3,(H,15,16). The van der Waals surface area contributed by atoms with Crippen molar-refractivity contribution in [3.63, 3.8) is 0 Å². The predicted octanol–water partition coefficient (Wildman–Crippen LogP) is 2.09. The quantitative estimate of drug-likeness (QED) is 0.667. The number of pyridine rings is 1. The Morgan fingerprint density at radius 1 is 1.60 bits per heavy atom. The van der Waals surface area contributed by atoms with Gasteiger partial charge in [-0.2, -0.15) is 5.26 Å². The summed E-state index contributed by atoms with van der Waals surface area (Å²) < 4.78 is 5.33. The lowest BCUT2D eigenvalue weighted by molar-refractivity contribution is -0.385. The normalized spacial score (nSPS) is 17.2. The van der Waals surface area contributed by atoms with E-state index in [1.54, 1.807) is 0 Å². The van der Waals surface area contributed by atoms with Gasteiger partial charge in [-0.1, -0.05) is 6.92 Å². The van der Waals surface area contributed by atoms with Crippen LogP contribution in [0.5, 0.6) is 0 Å². The van der Waals surface area contributed by atoms with Crippen LogP contribution in [0.3, 0.4) is 0 Å². The fourth-order valence-corrected chi connectivity index (χ4v) is 2.12. The molecule has 0 aliphatic carbocycles. The van der Waals surface area contributed by atoms with Gasteiger partial charge < -0.3 is 10.1 Å². The molecule has 1 N–H and O–H groups in total. The largest absolute Gasteiger partial charge is 0.381 e. The number of ether oxygens (including phenoxy) is 1. The Balaban J connectivity index is 2.09. The van der Waals surface area contributed by atoms with Crippen LogP contribution in [0, 0.1) is 26.9 Å². The molecule has 0 atom stereocenters. The molecule has 0 radical (unpaired) electrons. The summed E-state index contributed by atoms with van der Waals surface area (Å²) in [6.45, 7) is 4.28. The number of nitrogens with one attached hydrogen (secondary N) is 1. The second-order valence-corrected chi connectivity index (χ2v) is 5.24. The van der Waals surface area contributed by atoms with Gasteiger partial charge in [-0.05, 0) is 18.3 Å². The van der Waals surface area contributed by atoms with Crippen LogP contribution in [-0.2, 0) is 4.74 Å². The molecule has 0 aromatic carbocycles. The van der Waals surface area contributed by atoms with Gasteiger partial charge >= 0.3 is 0 Å². The van der Waals surface area contributed by atoms with Crippen molar-refractivity contribution >= 4 is 11.5 Å². The molecule has 1 saturated heterocycles. The lowest BCUT2D eigenvalue weighted by atomic mass is 9.82. The molecule has 1 fully saturated rings. The smallest absolute Gasteiger partial charge is 0.289 e. The van der Waals surface area contributed by atoms with Crippen molar-refractivity contribution in [1.82, 2.24) is 4.98 Å². The zero-order valence-corrected chi connectivity index (χ0v) is 11.3. The van der Waals surface area contributed by atoms with Crippen molar-refractivity contribution in [3.8, 4) is 6.07 Å². The Labute approximate surface area is 116 Å².